The van der Waals surface area contributed by atoms with Crippen molar-refractivity contribution in [2.75, 3.05) is 17.1 Å². The van der Waals surface area contributed by atoms with E-state index >= 15 is 0 Å². The smallest absolute Gasteiger partial charge is 0.241 e. The first-order valence-electron chi connectivity index (χ1n) is 9.61. The second-order valence-electron chi connectivity index (χ2n) is 7.73. The average Bonchev–Trinajstić information content (AvgIpc) is 3.07. The van der Waals surface area contributed by atoms with Gasteiger partial charge in [-0.1, -0.05) is 35.9 Å². The largest absolute Gasteiger partial charge is 0.348 e. The van der Waals surface area contributed by atoms with E-state index in [-0.39, 0.29) is 18.5 Å². The molecule has 1 amide bonds. The highest BCUT2D eigenvalue weighted by Gasteiger charge is 2.23. The molecule has 0 aromatic heterocycles. The minimum Gasteiger partial charge on any atom is -0.348 e. The summed E-state index contributed by atoms with van der Waals surface area (Å²) in [6.45, 7) is 5.49. The lowest BCUT2D eigenvalue weighted by molar-refractivity contribution is -0.120. The van der Waals surface area contributed by atoms with Crippen molar-refractivity contribution >= 4 is 21.6 Å². The highest BCUT2D eigenvalue weighted by Crippen LogP contribution is 2.26. The molecule has 0 heterocycles. The summed E-state index contributed by atoms with van der Waals surface area (Å²) in [5, 5.41) is 2.95. The Morgan fingerprint density at radius 2 is 1.82 bits per heavy atom. The van der Waals surface area contributed by atoms with E-state index in [1.165, 1.54) is 21.9 Å². The average molecular weight is 401 g/mol. The lowest BCUT2D eigenvalue weighted by atomic mass is 10.0. The standard InChI is InChI=1S/C22H28N2O3S/c1-15-8-11-21(16(2)12-15)24(28(4,26)27)14-22(25)23-17(3)19-10-9-18-6-5-7-20(18)13-19/h8-13,17H,5-7,14H2,1-4H3,(H,23,25)/t17-/m1/s1. The van der Waals surface area contributed by atoms with Crippen molar-refractivity contribution in [3.05, 3.63) is 64.2 Å². The summed E-state index contributed by atoms with van der Waals surface area (Å²) >= 11 is 0. The Labute approximate surface area is 167 Å². The molecule has 28 heavy (non-hydrogen) atoms. The third-order valence-corrected chi connectivity index (χ3v) is 6.44. The van der Waals surface area contributed by atoms with Gasteiger partial charge < -0.3 is 5.32 Å². The van der Waals surface area contributed by atoms with E-state index in [1.807, 2.05) is 39.0 Å². The molecule has 3 rings (SSSR count). The molecule has 0 saturated carbocycles. The zero-order valence-corrected chi connectivity index (χ0v) is 17.8. The van der Waals surface area contributed by atoms with Crippen LogP contribution in [-0.4, -0.2) is 27.1 Å². The number of nitrogens with one attached hydrogen (secondary N) is 1. The molecule has 0 fully saturated rings. The number of amides is 1. The van der Waals surface area contributed by atoms with Gasteiger partial charge in [0.2, 0.25) is 15.9 Å². The Morgan fingerprint density at radius 3 is 2.50 bits per heavy atom. The minimum atomic E-state index is -3.58. The zero-order chi connectivity index (χ0) is 20.5. The van der Waals surface area contributed by atoms with Gasteiger partial charge in [-0.2, -0.15) is 0 Å². The summed E-state index contributed by atoms with van der Waals surface area (Å²) in [7, 11) is -3.58. The molecule has 5 nitrogen and oxygen atoms in total. The van der Waals surface area contributed by atoms with Gasteiger partial charge in [0.05, 0.1) is 18.0 Å². The SMILES string of the molecule is Cc1ccc(N(CC(=O)N[C@H](C)c2ccc3c(c2)CCC3)S(C)(=O)=O)c(C)c1. The van der Waals surface area contributed by atoms with Crippen LogP contribution in [0.15, 0.2) is 36.4 Å². The molecule has 1 atom stereocenters. The van der Waals surface area contributed by atoms with Crippen molar-refractivity contribution in [1.29, 1.82) is 0 Å². The number of hydrogen-bond acceptors (Lipinski definition) is 3. The van der Waals surface area contributed by atoms with Crippen molar-refractivity contribution in [2.24, 2.45) is 0 Å². The Bertz CT molecular complexity index is 999. The van der Waals surface area contributed by atoms with E-state index in [1.54, 1.807) is 6.07 Å². The van der Waals surface area contributed by atoms with Crippen LogP contribution in [0.1, 0.15) is 47.2 Å². The number of carbonyl (C=O) groups excluding carboxylic acids is 1. The normalized spacial score (nSPS) is 14.4. The van der Waals surface area contributed by atoms with Crippen molar-refractivity contribution in [3.63, 3.8) is 0 Å². The predicted molar refractivity (Wildman–Crippen MR) is 113 cm³/mol. The summed E-state index contributed by atoms with van der Waals surface area (Å²) in [4.78, 5) is 12.7. The maximum atomic E-state index is 12.7. The van der Waals surface area contributed by atoms with Gasteiger partial charge in [-0.15, -0.1) is 0 Å². The quantitative estimate of drug-likeness (QED) is 0.808. The van der Waals surface area contributed by atoms with Gasteiger partial charge in [-0.05, 0) is 68.4 Å². The summed E-state index contributed by atoms with van der Waals surface area (Å²) in [5.41, 5.74) is 6.20. The van der Waals surface area contributed by atoms with Crippen LogP contribution in [-0.2, 0) is 27.7 Å². The molecule has 1 aliphatic carbocycles. The monoisotopic (exact) mass is 400 g/mol. The van der Waals surface area contributed by atoms with Crippen LogP contribution in [0.5, 0.6) is 0 Å². The lowest BCUT2D eigenvalue weighted by Gasteiger charge is -2.25. The van der Waals surface area contributed by atoms with Crippen LogP contribution in [0.3, 0.4) is 0 Å². The van der Waals surface area contributed by atoms with Gasteiger partial charge in [0, 0.05) is 0 Å². The Morgan fingerprint density at radius 1 is 1.11 bits per heavy atom. The molecule has 0 aliphatic heterocycles. The second kappa shape index (κ2) is 7.95. The Balaban J connectivity index is 1.75. The first kappa shape index (κ1) is 20.4. The van der Waals surface area contributed by atoms with E-state index in [0.717, 1.165) is 35.8 Å². The summed E-state index contributed by atoms with van der Waals surface area (Å²) in [6, 6.07) is 11.7. The first-order chi connectivity index (χ1) is 13.1. The molecule has 6 heteroatoms. The molecule has 1 N–H and O–H groups in total. The fourth-order valence-electron chi connectivity index (χ4n) is 3.83. The zero-order valence-electron chi connectivity index (χ0n) is 17.0. The Hall–Kier alpha value is -2.34. The van der Waals surface area contributed by atoms with E-state index in [4.69, 9.17) is 0 Å². The van der Waals surface area contributed by atoms with Gasteiger partial charge in [0.15, 0.2) is 0 Å². The number of aryl methyl sites for hydroxylation is 4. The molecular weight excluding hydrogens is 372 g/mol. The van der Waals surface area contributed by atoms with E-state index in [0.29, 0.717) is 5.69 Å². The molecule has 2 aromatic carbocycles. The van der Waals surface area contributed by atoms with Crippen molar-refractivity contribution in [1.82, 2.24) is 5.32 Å². The van der Waals surface area contributed by atoms with Gasteiger partial charge in [0.1, 0.15) is 6.54 Å². The number of carbonyl (C=O) groups is 1. The van der Waals surface area contributed by atoms with Crippen LogP contribution in [0, 0.1) is 13.8 Å². The van der Waals surface area contributed by atoms with E-state index in [9.17, 15) is 13.2 Å². The van der Waals surface area contributed by atoms with Crippen molar-refractivity contribution < 1.29 is 13.2 Å². The van der Waals surface area contributed by atoms with Crippen LogP contribution in [0.2, 0.25) is 0 Å². The van der Waals surface area contributed by atoms with Crippen molar-refractivity contribution in [2.45, 2.75) is 46.1 Å². The fourth-order valence-corrected chi connectivity index (χ4v) is 4.74. The van der Waals surface area contributed by atoms with Crippen LogP contribution in [0.25, 0.3) is 0 Å². The van der Waals surface area contributed by atoms with Gasteiger partial charge in [0.25, 0.3) is 0 Å². The first-order valence-corrected chi connectivity index (χ1v) is 11.5. The van der Waals surface area contributed by atoms with Crippen LogP contribution < -0.4 is 9.62 Å². The number of rotatable bonds is 6. The number of nitrogens with zero attached hydrogens (tertiary/aromatic N) is 1. The third-order valence-electron chi connectivity index (χ3n) is 5.31. The molecule has 150 valence electrons. The Kier molecular flexibility index (Phi) is 5.79. The molecule has 2 aromatic rings. The van der Waals surface area contributed by atoms with Gasteiger partial charge >= 0.3 is 0 Å². The fraction of sp³-hybridized carbons (Fsp3) is 0.409. The predicted octanol–water partition coefficient (Wildman–Crippen LogP) is 3.44. The number of fused-ring (bicyclic) bond motifs is 1. The summed E-state index contributed by atoms with van der Waals surface area (Å²) in [5.74, 6) is -0.321. The van der Waals surface area contributed by atoms with Crippen molar-refractivity contribution in [3.8, 4) is 0 Å². The molecule has 0 saturated heterocycles. The number of anilines is 1. The number of sulfonamides is 1. The second-order valence-corrected chi connectivity index (χ2v) is 9.64. The molecule has 1 aliphatic rings. The van der Waals surface area contributed by atoms with Crippen LogP contribution in [0.4, 0.5) is 5.69 Å². The third kappa shape index (κ3) is 4.55. The highest BCUT2D eigenvalue weighted by molar-refractivity contribution is 7.92. The lowest BCUT2D eigenvalue weighted by Crippen LogP contribution is -2.41. The van der Waals surface area contributed by atoms with Gasteiger partial charge in [-0.25, -0.2) is 8.42 Å². The summed E-state index contributed by atoms with van der Waals surface area (Å²) < 4.78 is 25.8. The van der Waals surface area contributed by atoms with E-state index < -0.39 is 10.0 Å². The molecule has 0 unspecified atom stereocenters. The molecule has 0 radical (unpaired) electrons. The van der Waals surface area contributed by atoms with Gasteiger partial charge in [-0.3, -0.25) is 9.10 Å². The number of hydrogen-bond donors (Lipinski definition) is 1. The maximum absolute atomic E-state index is 12.7. The molecule has 0 spiro atoms. The minimum absolute atomic E-state index is 0.182. The topological polar surface area (TPSA) is 66.5 Å². The van der Waals surface area contributed by atoms with Crippen LogP contribution >= 0.6 is 0 Å². The maximum Gasteiger partial charge on any atom is 0.241 e. The molecular formula is C22H28N2O3S. The summed E-state index contributed by atoms with van der Waals surface area (Å²) in [6.07, 6.45) is 4.51. The number of benzene rings is 2. The van der Waals surface area contributed by atoms with E-state index in [2.05, 4.69) is 17.4 Å². The molecule has 0 bridgehead atoms. The highest BCUT2D eigenvalue weighted by atomic mass is 32.2.